The summed E-state index contributed by atoms with van der Waals surface area (Å²) in [5, 5.41) is 10.8. The van der Waals surface area contributed by atoms with Crippen LogP contribution in [0.3, 0.4) is 0 Å². The Kier molecular flexibility index (Phi) is 2.70. The Balaban J connectivity index is 1.88. The maximum atomic E-state index is 10.8. The van der Waals surface area contributed by atoms with E-state index < -0.39 is 5.60 Å². The van der Waals surface area contributed by atoms with E-state index in [1.807, 2.05) is 19.2 Å². The van der Waals surface area contributed by atoms with E-state index in [0.29, 0.717) is 0 Å². The van der Waals surface area contributed by atoms with Crippen molar-refractivity contribution in [2.24, 2.45) is 5.92 Å². The molecule has 2 aliphatic rings. The molecular weight excluding hydrogens is 210 g/mol. The van der Waals surface area contributed by atoms with Gasteiger partial charge >= 0.3 is 0 Å². The lowest BCUT2D eigenvalue weighted by Crippen LogP contribution is -2.36. The molecule has 0 amide bonds. The summed E-state index contributed by atoms with van der Waals surface area (Å²) in [4.78, 5) is 4.53. The van der Waals surface area contributed by atoms with Crippen molar-refractivity contribution < 1.29 is 5.11 Å². The third-order valence-electron chi connectivity index (χ3n) is 4.34. The van der Waals surface area contributed by atoms with E-state index in [9.17, 15) is 5.11 Å². The van der Waals surface area contributed by atoms with Crippen LogP contribution in [0, 0.1) is 5.92 Å². The van der Waals surface area contributed by atoms with Crippen LogP contribution in [0.5, 0.6) is 0 Å². The van der Waals surface area contributed by atoms with Gasteiger partial charge in [0.25, 0.3) is 0 Å². The van der Waals surface area contributed by atoms with Crippen molar-refractivity contribution in [3.63, 3.8) is 0 Å². The fourth-order valence-corrected chi connectivity index (χ4v) is 3.26. The quantitative estimate of drug-likeness (QED) is 0.867. The minimum atomic E-state index is -0.565. The van der Waals surface area contributed by atoms with Gasteiger partial charge in [0.2, 0.25) is 0 Å². The first-order valence-electron chi connectivity index (χ1n) is 6.83. The zero-order valence-corrected chi connectivity index (χ0v) is 10.5. The van der Waals surface area contributed by atoms with Crippen molar-refractivity contribution in [1.82, 2.24) is 4.98 Å². The van der Waals surface area contributed by atoms with Gasteiger partial charge in [-0.05, 0) is 50.2 Å². The van der Waals surface area contributed by atoms with E-state index in [-0.39, 0.29) is 5.92 Å². The molecule has 2 atom stereocenters. The lowest BCUT2D eigenvalue weighted by atomic mass is 9.74. The van der Waals surface area contributed by atoms with Crippen molar-refractivity contribution in [3.8, 4) is 0 Å². The van der Waals surface area contributed by atoms with Crippen LogP contribution >= 0.6 is 0 Å². The number of rotatable bonds is 3. The molecule has 1 heterocycles. The van der Waals surface area contributed by atoms with Gasteiger partial charge < -0.3 is 5.11 Å². The minimum Gasteiger partial charge on any atom is -0.389 e. The van der Waals surface area contributed by atoms with Crippen molar-refractivity contribution in [2.75, 3.05) is 0 Å². The molecule has 2 heteroatoms. The molecule has 0 aromatic carbocycles. The third-order valence-corrected chi connectivity index (χ3v) is 4.34. The van der Waals surface area contributed by atoms with Gasteiger partial charge in [0.05, 0.1) is 5.60 Å². The monoisotopic (exact) mass is 231 g/mol. The maximum Gasteiger partial charge on any atom is 0.0705 e. The summed E-state index contributed by atoms with van der Waals surface area (Å²) in [7, 11) is 0. The first-order valence-corrected chi connectivity index (χ1v) is 6.83. The zero-order chi connectivity index (χ0) is 11.9. The summed E-state index contributed by atoms with van der Waals surface area (Å²) in [6.45, 7) is 2.01. The molecule has 1 aromatic rings. The van der Waals surface area contributed by atoms with E-state index >= 15 is 0 Å². The number of nitrogens with zero attached hydrogens (tertiary/aromatic N) is 1. The Morgan fingerprint density at radius 2 is 2.24 bits per heavy atom. The number of pyridine rings is 1. The molecule has 0 spiro atoms. The molecule has 17 heavy (non-hydrogen) atoms. The number of aliphatic hydroxyl groups is 1. The average molecular weight is 231 g/mol. The van der Waals surface area contributed by atoms with Crippen molar-refractivity contribution in [1.29, 1.82) is 0 Å². The molecule has 2 unspecified atom stereocenters. The van der Waals surface area contributed by atoms with E-state index in [4.69, 9.17) is 0 Å². The highest BCUT2D eigenvalue weighted by Gasteiger charge is 2.40. The first-order chi connectivity index (χ1) is 8.17. The van der Waals surface area contributed by atoms with Crippen molar-refractivity contribution in [3.05, 3.63) is 29.6 Å². The lowest BCUT2D eigenvalue weighted by Gasteiger charge is -2.36. The van der Waals surface area contributed by atoms with E-state index in [0.717, 1.165) is 30.9 Å². The van der Waals surface area contributed by atoms with Gasteiger partial charge in [-0.2, -0.15) is 0 Å². The fourth-order valence-electron chi connectivity index (χ4n) is 3.26. The highest BCUT2D eigenvalue weighted by molar-refractivity contribution is 5.28. The molecule has 2 nitrogen and oxygen atoms in total. The molecule has 0 bridgehead atoms. The largest absolute Gasteiger partial charge is 0.389 e. The van der Waals surface area contributed by atoms with Crippen LogP contribution in [-0.2, 0) is 6.42 Å². The Morgan fingerprint density at radius 3 is 3.00 bits per heavy atom. The smallest absolute Gasteiger partial charge is 0.0705 e. The summed E-state index contributed by atoms with van der Waals surface area (Å²) in [6.07, 6.45) is 8.82. The summed E-state index contributed by atoms with van der Waals surface area (Å²) in [6, 6.07) is 4.18. The molecule has 92 valence electrons. The fraction of sp³-hybridized carbons (Fsp3) is 0.667. The molecule has 1 aromatic heterocycles. The highest BCUT2D eigenvalue weighted by atomic mass is 16.3. The van der Waals surface area contributed by atoms with Gasteiger partial charge in [-0.25, -0.2) is 0 Å². The predicted octanol–water partition coefficient (Wildman–Crippen LogP) is 3.05. The Morgan fingerprint density at radius 1 is 1.41 bits per heavy atom. The van der Waals surface area contributed by atoms with Gasteiger partial charge in [0, 0.05) is 17.8 Å². The third kappa shape index (κ3) is 2.23. The van der Waals surface area contributed by atoms with Crippen LogP contribution in [0.15, 0.2) is 18.3 Å². The minimum absolute atomic E-state index is 0.244. The second kappa shape index (κ2) is 4.09. The summed E-state index contributed by atoms with van der Waals surface area (Å²) in [5.41, 5.74) is 1.94. The number of aromatic nitrogens is 1. The summed E-state index contributed by atoms with van der Waals surface area (Å²) in [5.74, 6) is 1.01. The van der Waals surface area contributed by atoms with E-state index in [2.05, 4.69) is 11.1 Å². The van der Waals surface area contributed by atoms with Crippen LogP contribution in [-0.4, -0.2) is 15.7 Å². The van der Waals surface area contributed by atoms with Crippen molar-refractivity contribution >= 4 is 0 Å². The van der Waals surface area contributed by atoms with Gasteiger partial charge in [-0.3, -0.25) is 4.98 Å². The van der Waals surface area contributed by atoms with Crippen LogP contribution in [0.2, 0.25) is 0 Å². The Labute approximate surface area is 103 Å². The second-order valence-electron chi connectivity index (χ2n) is 6.00. The van der Waals surface area contributed by atoms with Crippen LogP contribution < -0.4 is 0 Å². The van der Waals surface area contributed by atoms with Gasteiger partial charge in [0.1, 0.15) is 0 Å². The molecule has 0 aliphatic heterocycles. The maximum absolute atomic E-state index is 10.8. The lowest BCUT2D eigenvalue weighted by molar-refractivity contribution is 0.00969. The van der Waals surface area contributed by atoms with Crippen LogP contribution in [0.25, 0.3) is 0 Å². The van der Waals surface area contributed by atoms with Crippen LogP contribution in [0.4, 0.5) is 0 Å². The zero-order valence-electron chi connectivity index (χ0n) is 10.5. The summed E-state index contributed by atoms with van der Waals surface area (Å²) < 4.78 is 0. The predicted molar refractivity (Wildman–Crippen MR) is 67.9 cm³/mol. The van der Waals surface area contributed by atoms with E-state index in [1.165, 1.54) is 24.8 Å². The normalized spacial score (nSPS) is 27.3. The number of hydrogen-bond acceptors (Lipinski definition) is 2. The van der Waals surface area contributed by atoms with Crippen molar-refractivity contribution in [2.45, 2.75) is 57.0 Å². The SMILES string of the molecule is CC(O)(CC1CC1)C1CCCc2cccnc21. The van der Waals surface area contributed by atoms with Gasteiger partial charge in [-0.1, -0.05) is 18.9 Å². The van der Waals surface area contributed by atoms with E-state index in [1.54, 1.807) is 0 Å². The Bertz CT molecular complexity index is 409. The molecule has 1 saturated carbocycles. The number of fused-ring (bicyclic) bond motifs is 1. The molecule has 3 rings (SSSR count). The molecule has 1 N–H and O–H groups in total. The molecule has 2 aliphatic carbocycles. The Hall–Kier alpha value is -0.890. The number of hydrogen-bond donors (Lipinski definition) is 1. The molecular formula is C15H21NO. The van der Waals surface area contributed by atoms with Gasteiger partial charge in [0.15, 0.2) is 0 Å². The van der Waals surface area contributed by atoms with Crippen LogP contribution in [0.1, 0.15) is 56.2 Å². The molecule has 0 radical (unpaired) electrons. The average Bonchev–Trinajstić information content (AvgIpc) is 3.11. The molecule has 0 saturated heterocycles. The second-order valence-corrected chi connectivity index (χ2v) is 6.00. The first kappa shape index (κ1) is 11.2. The van der Waals surface area contributed by atoms with Gasteiger partial charge in [-0.15, -0.1) is 0 Å². The highest BCUT2D eigenvalue weighted by Crippen LogP contribution is 2.45. The standard InChI is InChI=1S/C15H21NO/c1-15(17,10-11-7-8-11)13-6-2-4-12-5-3-9-16-14(12)13/h3,5,9,11,13,17H,2,4,6-8,10H2,1H3. The topological polar surface area (TPSA) is 33.1 Å². The summed E-state index contributed by atoms with van der Waals surface area (Å²) >= 11 is 0. The number of aryl methyl sites for hydroxylation is 1. The molecule has 1 fully saturated rings.